The molecule has 2 N–H and O–H groups in total. The van der Waals surface area contributed by atoms with Crippen LogP contribution in [0.5, 0.6) is 11.5 Å². The molecule has 1 amide bonds. The molecule has 0 spiro atoms. The monoisotopic (exact) mass is 411 g/mol. The number of nitrogens with zero attached hydrogens (tertiary/aromatic N) is 3. The van der Waals surface area contributed by atoms with Gasteiger partial charge in [-0.2, -0.15) is 5.10 Å². The van der Waals surface area contributed by atoms with E-state index in [0.29, 0.717) is 34.0 Å². The highest BCUT2D eigenvalue weighted by atomic mass is 16.5. The van der Waals surface area contributed by atoms with Gasteiger partial charge in [-0.1, -0.05) is 19.3 Å². The fourth-order valence-electron chi connectivity index (χ4n) is 4.04. The lowest BCUT2D eigenvalue weighted by Gasteiger charge is -2.23. The van der Waals surface area contributed by atoms with Crippen molar-refractivity contribution in [3.8, 4) is 11.5 Å². The molecule has 1 aliphatic rings. The van der Waals surface area contributed by atoms with E-state index in [1.165, 1.54) is 33.5 Å². The predicted molar refractivity (Wildman–Crippen MR) is 113 cm³/mol. The first-order valence-electron chi connectivity index (χ1n) is 10.0. The Morgan fingerprint density at radius 2 is 1.87 bits per heavy atom. The van der Waals surface area contributed by atoms with Gasteiger partial charge in [0, 0.05) is 11.8 Å². The Balaban J connectivity index is 1.62. The van der Waals surface area contributed by atoms with Crippen LogP contribution in [0.2, 0.25) is 0 Å². The number of H-pyrrole nitrogens is 1. The van der Waals surface area contributed by atoms with Gasteiger partial charge in [0.2, 0.25) is 5.95 Å². The van der Waals surface area contributed by atoms with Crippen LogP contribution in [0.4, 0.5) is 5.95 Å². The average molecular weight is 411 g/mol. The number of hydrogen-bond acceptors (Lipinski definition) is 6. The summed E-state index contributed by atoms with van der Waals surface area (Å²) in [5.41, 5.74) is 1.29. The molecule has 2 aromatic heterocycles. The van der Waals surface area contributed by atoms with Crippen LogP contribution >= 0.6 is 0 Å². The summed E-state index contributed by atoms with van der Waals surface area (Å²) in [6.07, 6.45) is 7.35. The molecule has 2 heterocycles. The maximum absolute atomic E-state index is 12.8. The number of anilines is 1. The van der Waals surface area contributed by atoms with E-state index in [0.717, 1.165) is 18.5 Å². The zero-order valence-electron chi connectivity index (χ0n) is 17.3. The Morgan fingerprint density at radius 3 is 2.57 bits per heavy atom. The molecular formula is C21H25N5O4. The molecule has 0 radical (unpaired) electrons. The van der Waals surface area contributed by atoms with Crippen molar-refractivity contribution in [3.05, 3.63) is 39.9 Å². The van der Waals surface area contributed by atoms with Gasteiger partial charge in [-0.05, 0) is 25.8 Å². The highest BCUT2D eigenvalue weighted by Crippen LogP contribution is 2.31. The van der Waals surface area contributed by atoms with E-state index < -0.39 is 0 Å². The molecule has 1 saturated carbocycles. The number of hydrogen-bond donors (Lipinski definition) is 2. The first-order valence-corrected chi connectivity index (χ1v) is 10.0. The van der Waals surface area contributed by atoms with Crippen molar-refractivity contribution < 1.29 is 14.3 Å². The van der Waals surface area contributed by atoms with E-state index in [-0.39, 0.29) is 17.4 Å². The van der Waals surface area contributed by atoms with Crippen molar-refractivity contribution in [2.45, 2.75) is 45.1 Å². The number of rotatable bonds is 5. The summed E-state index contributed by atoms with van der Waals surface area (Å²) >= 11 is 0. The lowest BCUT2D eigenvalue weighted by Crippen LogP contribution is -2.20. The summed E-state index contributed by atoms with van der Waals surface area (Å²) in [6, 6.07) is 3.50. The predicted octanol–water partition coefficient (Wildman–Crippen LogP) is 3.20. The summed E-state index contributed by atoms with van der Waals surface area (Å²) in [7, 11) is 3.00. The molecule has 0 unspecified atom stereocenters. The fraction of sp³-hybridized carbons (Fsp3) is 0.429. The minimum Gasteiger partial charge on any atom is -0.493 e. The number of aromatic nitrogens is 4. The van der Waals surface area contributed by atoms with Crippen LogP contribution in [-0.4, -0.2) is 39.9 Å². The SMILES string of the molecule is COc1cc2nc(NC(=O)c3cnn(C4CCCCC4)c3C)[nH]c(=O)c2cc1OC. The third-order valence-corrected chi connectivity index (χ3v) is 5.65. The first kappa shape index (κ1) is 19.9. The third-order valence-electron chi connectivity index (χ3n) is 5.65. The Hall–Kier alpha value is -3.36. The normalized spacial score (nSPS) is 14.6. The lowest BCUT2D eigenvalue weighted by molar-refractivity contribution is 0.102. The Bertz CT molecular complexity index is 1140. The second kappa shape index (κ2) is 8.17. The van der Waals surface area contributed by atoms with E-state index in [2.05, 4.69) is 20.4 Å². The second-order valence-electron chi connectivity index (χ2n) is 7.47. The maximum Gasteiger partial charge on any atom is 0.261 e. The van der Waals surface area contributed by atoms with Crippen LogP contribution in [-0.2, 0) is 0 Å². The largest absolute Gasteiger partial charge is 0.493 e. The standard InChI is InChI=1S/C21H25N5O4/c1-12-15(11-22-26(12)13-7-5-4-6-8-13)20(28)25-21-23-16-10-18(30-3)17(29-2)9-14(16)19(27)24-21/h9-11,13H,4-8H2,1-3H3,(H2,23,24,25,27,28). The third kappa shape index (κ3) is 3.62. The number of aromatic amines is 1. The molecule has 9 nitrogen and oxygen atoms in total. The number of carbonyl (C=O) groups is 1. The summed E-state index contributed by atoms with van der Waals surface area (Å²) in [6.45, 7) is 1.89. The van der Waals surface area contributed by atoms with Gasteiger partial charge in [0.05, 0.1) is 42.9 Å². The molecule has 0 saturated heterocycles. The zero-order valence-corrected chi connectivity index (χ0v) is 17.3. The minimum absolute atomic E-state index is 0.0644. The quantitative estimate of drug-likeness (QED) is 0.667. The highest BCUT2D eigenvalue weighted by Gasteiger charge is 2.22. The second-order valence-corrected chi connectivity index (χ2v) is 7.47. The van der Waals surface area contributed by atoms with E-state index in [9.17, 15) is 9.59 Å². The minimum atomic E-state index is -0.383. The van der Waals surface area contributed by atoms with Crippen LogP contribution in [0, 0.1) is 6.92 Å². The highest BCUT2D eigenvalue weighted by molar-refractivity contribution is 6.04. The van der Waals surface area contributed by atoms with Gasteiger partial charge in [-0.3, -0.25) is 24.6 Å². The van der Waals surface area contributed by atoms with Crippen LogP contribution < -0.4 is 20.3 Å². The number of methoxy groups -OCH3 is 2. The average Bonchev–Trinajstić information content (AvgIpc) is 3.15. The molecule has 0 aliphatic heterocycles. The number of ether oxygens (including phenoxy) is 2. The summed E-state index contributed by atoms with van der Waals surface area (Å²) in [5, 5.41) is 7.47. The number of carbonyl (C=O) groups excluding carboxylic acids is 1. The van der Waals surface area contributed by atoms with Gasteiger partial charge in [-0.15, -0.1) is 0 Å². The van der Waals surface area contributed by atoms with E-state index in [4.69, 9.17) is 9.47 Å². The van der Waals surface area contributed by atoms with Gasteiger partial charge in [0.1, 0.15) is 0 Å². The first-order chi connectivity index (χ1) is 14.5. The number of benzene rings is 1. The van der Waals surface area contributed by atoms with Crippen molar-refractivity contribution in [1.82, 2.24) is 19.7 Å². The van der Waals surface area contributed by atoms with E-state index in [1.807, 2.05) is 11.6 Å². The Morgan fingerprint density at radius 1 is 1.17 bits per heavy atom. The van der Waals surface area contributed by atoms with Crippen molar-refractivity contribution in [2.24, 2.45) is 0 Å². The molecule has 4 rings (SSSR count). The van der Waals surface area contributed by atoms with Crippen LogP contribution in [0.1, 0.15) is 54.2 Å². The van der Waals surface area contributed by atoms with Gasteiger partial charge < -0.3 is 9.47 Å². The molecule has 1 aliphatic carbocycles. The zero-order chi connectivity index (χ0) is 21.3. The molecule has 30 heavy (non-hydrogen) atoms. The molecule has 0 bridgehead atoms. The van der Waals surface area contributed by atoms with E-state index >= 15 is 0 Å². The molecular weight excluding hydrogens is 386 g/mol. The molecule has 1 fully saturated rings. The smallest absolute Gasteiger partial charge is 0.261 e. The topological polar surface area (TPSA) is 111 Å². The van der Waals surface area contributed by atoms with Crippen molar-refractivity contribution in [1.29, 1.82) is 0 Å². The summed E-state index contributed by atoms with van der Waals surface area (Å²) in [4.78, 5) is 32.3. The Labute approximate surface area is 173 Å². The number of amides is 1. The van der Waals surface area contributed by atoms with Crippen molar-refractivity contribution >= 4 is 22.8 Å². The van der Waals surface area contributed by atoms with Crippen LogP contribution in [0.25, 0.3) is 10.9 Å². The number of nitrogens with one attached hydrogen (secondary N) is 2. The molecule has 1 aromatic carbocycles. The van der Waals surface area contributed by atoms with Gasteiger partial charge >= 0.3 is 0 Å². The van der Waals surface area contributed by atoms with Gasteiger partial charge in [-0.25, -0.2) is 4.98 Å². The lowest BCUT2D eigenvalue weighted by atomic mass is 9.95. The molecule has 158 valence electrons. The Kier molecular flexibility index (Phi) is 5.43. The number of fused-ring (bicyclic) bond motifs is 1. The van der Waals surface area contributed by atoms with Crippen molar-refractivity contribution in [3.63, 3.8) is 0 Å². The fourth-order valence-corrected chi connectivity index (χ4v) is 4.04. The maximum atomic E-state index is 12.8. The molecule has 9 heteroatoms. The van der Waals surface area contributed by atoms with Gasteiger partial charge in [0.15, 0.2) is 11.5 Å². The van der Waals surface area contributed by atoms with Crippen LogP contribution in [0.3, 0.4) is 0 Å². The van der Waals surface area contributed by atoms with Gasteiger partial charge in [0.25, 0.3) is 11.5 Å². The summed E-state index contributed by atoms with van der Waals surface area (Å²) in [5.74, 6) is 0.580. The summed E-state index contributed by atoms with van der Waals surface area (Å²) < 4.78 is 12.5. The molecule has 3 aromatic rings. The van der Waals surface area contributed by atoms with Crippen molar-refractivity contribution in [2.75, 3.05) is 19.5 Å². The van der Waals surface area contributed by atoms with Crippen LogP contribution in [0.15, 0.2) is 23.1 Å². The molecule has 0 atom stereocenters. The van der Waals surface area contributed by atoms with E-state index in [1.54, 1.807) is 18.3 Å².